The Kier molecular flexibility index (Phi) is 4.71. The van der Waals surface area contributed by atoms with Gasteiger partial charge in [0.15, 0.2) is 0 Å². The molecule has 11 heteroatoms. The van der Waals surface area contributed by atoms with Crippen molar-refractivity contribution in [1.29, 1.82) is 0 Å². The number of anilines is 1. The molecule has 0 saturated heterocycles. The first-order valence-electron chi connectivity index (χ1n) is 6.33. The predicted octanol–water partition coefficient (Wildman–Crippen LogP) is 3.27. The molecule has 0 aliphatic rings. The summed E-state index contributed by atoms with van der Waals surface area (Å²) in [6.45, 7) is 1.56. The summed E-state index contributed by atoms with van der Waals surface area (Å²) in [6.07, 6.45) is 0. The van der Waals surface area contributed by atoms with Crippen LogP contribution in [0.15, 0.2) is 41.3 Å². The summed E-state index contributed by atoms with van der Waals surface area (Å²) in [5, 5.41) is 21.5. The Morgan fingerprint density at radius 1 is 1.04 bits per heavy atom. The first-order chi connectivity index (χ1) is 11.1. The molecular weight excluding hydrogens is 362 g/mol. The van der Waals surface area contributed by atoms with Crippen molar-refractivity contribution in [3.05, 3.63) is 67.2 Å². The number of rotatable bonds is 5. The number of hydrogen-bond donors (Lipinski definition) is 1. The van der Waals surface area contributed by atoms with Crippen molar-refractivity contribution in [2.75, 3.05) is 4.72 Å². The summed E-state index contributed by atoms with van der Waals surface area (Å²) in [5.74, 6) is 0. The van der Waals surface area contributed by atoms with Crippen LogP contribution in [0.1, 0.15) is 5.56 Å². The van der Waals surface area contributed by atoms with Crippen LogP contribution in [0.25, 0.3) is 0 Å². The normalized spacial score (nSPS) is 11.1. The van der Waals surface area contributed by atoms with Gasteiger partial charge in [0.1, 0.15) is 5.02 Å². The van der Waals surface area contributed by atoms with Gasteiger partial charge in [0.2, 0.25) is 0 Å². The molecule has 0 spiro atoms. The third kappa shape index (κ3) is 3.60. The molecule has 24 heavy (non-hydrogen) atoms. The van der Waals surface area contributed by atoms with Crippen molar-refractivity contribution >= 4 is 38.7 Å². The third-order valence-electron chi connectivity index (χ3n) is 3.10. The van der Waals surface area contributed by atoms with Gasteiger partial charge in [-0.05, 0) is 24.6 Å². The number of non-ortho nitro benzene ring substituents is 1. The smallest absolute Gasteiger partial charge is 0.279 e. The summed E-state index contributed by atoms with van der Waals surface area (Å²) in [4.78, 5) is 19.8. The SMILES string of the molecule is Cc1ccc([N+](=O)[O-])cc1NS(=O)(=O)c1ccc(Cl)c([N+](=O)[O-])c1. The molecule has 1 N–H and O–H groups in total. The average molecular weight is 372 g/mol. The molecule has 2 aromatic rings. The van der Waals surface area contributed by atoms with Crippen LogP contribution in [-0.4, -0.2) is 18.3 Å². The maximum absolute atomic E-state index is 12.4. The lowest BCUT2D eigenvalue weighted by Gasteiger charge is -2.10. The quantitative estimate of drug-likeness (QED) is 0.633. The van der Waals surface area contributed by atoms with Crippen molar-refractivity contribution in [1.82, 2.24) is 0 Å². The molecule has 0 radical (unpaired) electrons. The molecule has 9 nitrogen and oxygen atoms in total. The molecule has 0 bridgehead atoms. The predicted molar refractivity (Wildman–Crippen MR) is 86.7 cm³/mol. The second kappa shape index (κ2) is 6.42. The highest BCUT2D eigenvalue weighted by molar-refractivity contribution is 7.92. The molecule has 126 valence electrons. The lowest BCUT2D eigenvalue weighted by molar-refractivity contribution is -0.385. The third-order valence-corrected chi connectivity index (χ3v) is 4.78. The van der Waals surface area contributed by atoms with E-state index in [1.54, 1.807) is 6.92 Å². The molecule has 2 rings (SSSR count). The van der Waals surface area contributed by atoms with Crippen LogP contribution in [0, 0.1) is 27.2 Å². The second-order valence-corrected chi connectivity index (χ2v) is 6.82. The van der Waals surface area contributed by atoms with E-state index in [4.69, 9.17) is 11.6 Å². The molecule has 0 atom stereocenters. The largest absolute Gasteiger partial charge is 0.289 e. The topological polar surface area (TPSA) is 132 Å². The van der Waals surface area contributed by atoms with Crippen LogP contribution in [0.3, 0.4) is 0 Å². The van der Waals surface area contributed by atoms with E-state index >= 15 is 0 Å². The highest BCUT2D eigenvalue weighted by Crippen LogP contribution is 2.29. The van der Waals surface area contributed by atoms with Crippen molar-refractivity contribution in [2.24, 2.45) is 0 Å². The lowest BCUT2D eigenvalue weighted by atomic mass is 10.2. The van der Waals surface area contributed by atoms with Crippen LogP contribution >= 0.6 is 11.6 Å². The highest BCUT2D eigenvalue weighted by Gasteiger charge is 2.22. The number of aryl methyl sites for hydroxylation is 1. The zero-order valence-corrected chi connectivity index (χ0v) is 13.7. The number of nitro benzene ring substituents is 2. The first kappa shape index (κ1) is 17.6. The number of nitrogens with zero attached hydrogens (tertiary/aromatic N) is 2. The zero-order chi connectivity index (χ0) is 18.1. The summed E-state index contributed by atoms with van der Waals surface area (Å²) in [5.41, 5.74) is -0.398. The Hall–Kier alpha value is -2.72. The van der Waals surface area contributed by atoms with Crippen LogP contribution < -0.4 is 4.72 Å². The average Bonchev–Trinajstić information content (AvgIpc) is 2.49. The fraction of sp³-hybridized carbons (Fsp3) is 0.0769. The Morgan fingerprint density at radius 3 is 2.29 bits per heavy atom. The van der Waals surface area contributed by atoms with Crippen molar-refractivity contribution in [2.45, 2.75) is 11.8 Å². The number of sulfonamides is 1. The van der Waals surface area contributed by atoms with Crippen LogP contribution in [-0.2, 0) is 10.0 Å². The summed E-state index contributed by atoms with van der Waals surface area (Å²) < 4.78 is 26.9. The number of halogens is 1. The van der Waals surface area contributed by atoms with E-state index < -0.39 is 25.6 Å². The van der Waals surface area contributed by atoms with Crippen molar-refractivity contribution in [3.63, 3.8) is 0 Å². The Bertz CT molecular complexity index is 945. The van der Waals surface area contributed by atoms with E-state index in [0.29, 0.717) is 5.56 Å². The van der Waals surface area contributed by atoms with Crippen LogP contribution in [0.2, 0.25) is 5.02 Å². The summed E-state index contributed by atoms with van der Waals surface area (Å²) in [7, 11) is -4.19. The minimum Gasteiger partial charge on any atom is -0.279 e. The number of benzene rings is 2. The van der Waals surface area contributed by atoms with Gasteiger partial charge < -0.3 is 0 Å². The van der Waals surface area contributed by atoms with Crippen molar-refractivity contribution in [3.8, 4) is 0 Å². The lowest BCUT2D eigenvalue weighted by Crippen LogP contribution is -2.14. The molecule has 0 aliphatic heterocycles. The van der Waals surface area contributed by atoms with Gasteiger partial charge in [0.25, 0.3) is 21.4 Å². The Labute approximate surface area is 141 Å². The molecule has 0 amide bonds. The van der Waals surface area contributed by atoms with Crippen LogP contribution in [0.4, 0.5) is 17.1 Å². The number of nitrogens with one attached hydrogen (secondary N) is 1. The number of nitro groups is 2. The fourth-order valence-electron chi connectivity index (χ4n) is 1.84. The zero-order valence-electron chi connectivity index (χ0n) is 12.1. The van der Waals surface area contributed by atoms with E-state index in [2.05, 4.69) is 4.72 Å². The minimum atomic E-state index is -4.19. The maximum atomic E-state index is 12.4. The van der Waals surface area contributed by atoms with Gasteiger partial charge in [-0.1, -0.05) is 17.7 Å². The van der Waals surface area contributed by atoms with E-state index in [1.807, 2.05) is 0 Å². The molecular formula is C13H10ClN3O6S. The van der Waals surface area contributed by atoms with E-state index in [0.717, 1.165) is 24.3 Å². The first-order valence-corrected chi connectivity index (χ1v) is 8.20. The van der Waals surface area contributed by atoms with Gasteiger partial charge in [-0.25, -0.2) is 8.42 Å². The van der Waals surface area contributed by atoms with Gasteiger partial charge in [-0.15, -0.1) is 0 Å². The van der Waals surface area contributed by atoms with Gasteiger partial charge in [-0.2, -0.15) is 0 Å². The monoisotopic (exact) mass is 371 g/mol. The molecule has 0 heterocycles. The highest BCUT2D eigenvalue weighted by atomic mass is 35.5. The van der Waals surface area contributed by atoms with E-state index in [9.17, 15) is 28.6 Å². The molecule has 0 aromatic heterocycles. The maximum Gasteiger partial charge on any atom is 0.289 e. The molecule has 2 aromatic carbocycles. The van der Waals surface area contributed by atoms with Crippen molar-refractivity contribution < 1.29 is 18.3 Å². The van der Waals surface area contributed by atoms with Gasteiger partial charge in [0, 0.05) is 18.2 Å². The number of hydrogen-bond acceptors (Lipinski definition) is 6. The van der Waals surface area contributed by atoms with E-state index in [1.165, 1.54) is 12.1 Å². The minimum absolute atomic E-state index is 0.00167. The Balaban J connectivity index is 2.46. The van der Waals surface area contributed by atoms with Gasteiger partial charge >= 0.3 is 0 Å². The molecule has 0 saturated carbocycles. The van der Waals surface area contributed by atoms with Crippen LogP contribution in [0.5, 0.6) is 0 Å². The molecule has 0 unspecified atom stereocenters. The standard InChI is InChI=1S/C13H10ClN3O6S/c1-8-2-3-9(16(18)19)6-12(8)15-24(22,23)10-4-5-11(14)13(7-10)17(20)21/h2-7,15H,1H3. The van der Waals surface area contributed by atoms with E-state index in [-0.39, 0.29) is 21.3 Å². The molecule has 0 fully saturated rings. The van der Waals surface area contributed by atoms with Gasteiger partial charge in [0.05, 0.1) is 20.4 Å². The molecule has 0 aliphatic carbocycles. The Morgan fingerprint density at radius 2 is 1.71 bits per heavy atom. The fourth-order valence-corrected chi connectivity index (χ4v) is 3.16. The summed E-state index contributed by atoms with van der Waals surface area (Å²) >= 11 is 5.65. The second-order valence-electron chi connectivity index (χ2n) is 4.73. The van der Waals surface area contributed by atoms with Gasteiger partial charge in [-0.3, -0.25) is 25.0 Å². The summed E-state index contributed by atoms with van der Waals surface area (Å²) in [6, 6.07) is 6.70.